The van der Waals surface area contributed by atoms with Gasteiger partial charge in [0.05, 0.1) is 0 Å². The first kappa shape index (κ1) is 11.0. The third-order valence-corrected chi connectivity index (χ3v) is 3.89. The molecule has 2 heteroatoms. The Kier molecular flexibility index (Phi) is 2.11. The molecular formula is C16H16N2. The van der Waals surface area contributed by atoms with E-state index in [1.165, 1.54) is 22.3 Å². The van der Waals surface area contributed by atoms with Gasteiger partial charge in [0.2, 0.25) is 0 Å². The molecule has 0 unspecified atom stereocenters. The fourth-order valence-electron chi connectivity index (χ4n) is 2.87. The first-order chi connectivity index (χ1) is 8.51. The fourth-order valence-corrected chi connectivity index (χ4v) is 2.87. The quantitative estimate of drug-likeness (QED) is 0.579. The number of hydrogen-bond acceptors (Lipinski definition) is 1. The van der Waals surface area contributed by atoms with Gasteiger partial charge in [-0.1, -0.05) is 50.2 Å². The Morgan fingerprint density at radius 1 is 1.00 bits per heavy atom. The van der Waals surface area contributed by atoms with Gasteiger partial charge in [-0.3, -0.25) is 5.41 Å². The second-order valence-corrected chi connectivity index (χ2v) is 5.34. The van der Waals surface area contributed by atoms with E-state index >= 15 is 0 Å². The molecule has 0 bridgehead atoms. The minimum absolute atomic E-state index is 0.0165. The fraction of sp³-hybridized carbons (Fsp3) is 0.188. The SMILES string of the molecule is CC1(C)c2ccccc2-c2ccc(C(=N)N)cc21. The zero-order chi connectivity index (χ0) is 12.9. The van der Waals surface area contributed by atoms with Crippen molar-refractivity contribution in [3.05, 3.63) is 59.2 Å². The molecule has 90 valence electrons. The van der Waals surface area contributed by atoms with E-state index in [0.29, 0.717) is 0 Å². The molecule has 0 atom stereocenters. The molecule has 2 aromatic carbocycles. The third-order valence-electron chi connectivity index (χ3n) is 3.89. The number of hydrogen-bond donors (Lipinski definition) is 2. The first-order valence-electron chi connectivity index (χ1n) is 6.10. The maximum Gasteiger partial charge on any atom is 0.122 e. The van der Waals surface area contributed by atoms with Crippen LogP contribution in [0.15, 0.2) is 42.5 Å². The van der Waals surface area contributed by atoms with E-state index in [4.69, 9.17) is 11.1 Å². The van der Waals surface area contributed by atoms with Crippen molar-refractivity contribution in [2.24, 2.45) is 5.73 Å². The van der Waals surface area contributed by atoms with Crippen LogP contribution in [0.5, 0.6) is 0 Å². The molecule has 2 nitrogen and oxygen atoms in total. The van der Waals surface area contributed by atoms with Gasteiger partial charge in [0.1, 0.15) is 5.84 Å². The molecule has 0 fully saturated rings. The molecule has 2 aromatic rings. The smallest absolute Gasteiger partial charge is 0.122 e. The lowest BCUT2D eigenvalue weighted by Crippen LogP contribution is -2.17. The third kappa shape index (κ3) is 1.32. The molecule has 18 heavy (non-hydrogen) atoms. The maximum absolute atomic E-state index is 7.57. The van der Waals surface area contributed by atoms with Crippen molar-refractivity contribution in [2.75, 3.05) is 0 Å². The van der Waals surface area contributed by atoms with Gasteiger partial charge < -0.3 is 5.73 Å². The van der Waals surface area contributed by atoms with Crippen molar-refractivity contribution in [1.82, 2.24) is 0 Å². The standard InChI is InChI=1S/C16H16N2/c1-16(2)13-6-4-3-5-11(13)12-8-7-10(15(17)18)9-14(12)16/h3-9H,1-2H3,(H3,17,18). The topological polar surface area (TPSA) is 49.9 Å². The molecule has 0 saturated carbocycles. The largest absolute Gasteiger partial charge is 0.384 e. The van der Waals surface area contributed by atoms with Crippen LogP contribution in [0.4, 0.5) is 0 Å². The van der Waals surface area contributed by atoms with Crippen molar-refractivity contribution >= 4 is 5.84 Å². The van der Waals surface area contributed by atoms with Gasteiger partial charge in [0.25, 0.3) is 0 Å². The van der Waals surface area contributed by atoms with E-state index in [0.717, 1.165) is 5.56 Å². The van der Waals surface area contributed by atoms with Gasteiger partial charge in [-0.15, -0.1) is 0 Å². The molecule has 1 aliphatic carbocycles. The molecule has 0 aliphatic heterocycles. The van der Waals surface area contributed by atoms with E-state index in [9.17, 15) is 0 Å². The minimum atomic E-state index is -0.0165. The van der Waals surface area contributed by atoms with Crippen LogP contribution in [-0.4, -0.2) is 5.84 Å². The predicted molar refractivity (Wildman–Crippen MR) is 75.0 cm³/mol. The molecule has 1 aliphatic rings. The average molecular weight is 236 g/mol. The lowest BCUT2D eigenvalue weighted by Gasteiger charge is -2.21. The number of rotatable bonds is 1. The van der Waals surface area contributed by atoms with Crippen molar-refractivity contribution in [3.8, 4) is 11.1 Å². The molecule has 0 radical (unpaired) electrons. The summed E-state index contributed by atoms with van der Waals surface area (Å²) in [5, 5.41) is 7.57. The minimum Gasteiger partial charge on any atom is -0.384 e. The van der Waals surface area contributed by atoms with Crippen LogP contribution in [0.2, 0.25) is 0 Å². The summed E-state index contributed by atoms with van der Waals surface area (Å²) in [4.78, 5) is 0. The molecule has 0 amide bonds. The number of fused-ring (bicyclic) bond motifs is 3. The number of nitrogens with two attached hydrogens (primary N) is 1. The van der Waals surface area contributed by atoms with Gasteiger partial charge in [-0.05, 0) is 28.3 Å². The highest BCUT2D eigenvalue weighted by Crippen LogP contribution is 2.48. The van der Waals surface area contributed by atoms with Crippen LogP contribution in [0.1, 0.15) is 30.5 Å². The summed E-state index contributed by atoms with van der Waals surface area (Å²) < 4.78 is 0. The summed E-state index contributed by atoms with van der Waals surface area (Å²) in [5.41, 5.74) is 11.5. The Balaban J connectivity index is 2.31. The maximum atomic E-state index is 7.57. The summed E-state index contributed by atoms with van der Waals surface area (Å²) in [7, 11) is 0. The highest BCUT2D eigenvalue weighted by molar-refractivity contribution is 5.96. The molecule has 0 aromatic heterocycles. The van der Waals surface area contributed by atoms with Crippen LogP contribution in [0.3, 0.4) is 0 Å². The van der Waals surface area contributed by atoms with Gasteiger partial charge in [0, 0.05) is 11.0 Å². The Labute approximate surface area is 107 Å². The molecule has 0 spiro atoms. The molecular weight excluding hydrogens is 220 g/mol. The Morgan fingerprint density at radius 2 is 1.67 bits per heavy atom. The van der Waals surface area contributed by atoms with E-state index < -0.39 is 0 Å². The molecule has 0 saturated heterocycles. The molecule has 3 N–H and O–H groups in total. The van der Waals surface area contributed by atoms with Crippen molar-refractivity contribution in [2.45, 2.75) is 19.3 Å². The van der Waals surface area contributed by atoms with Crippen LogP contribution >= 0.6 is 0 Å². The molecule has 3 rings (SSSR count). The van der Waals surface area contributed by atoms with Crippen molar-refractivity contribution in [1.29, 1.82) is 5.41 Å². The van der Waals surface area contributed by atoms with Crippen LogP contribution < -0.4 is 5.73 Å². The summed E-state index contributed by atoms with van der Waals surface area (Å²) in [5.74, 6) is 0.129. The molecule has 0 heterocycles. The van der Waals surface area contributed by atoms with Crippen molar-refractivity contribution < 1.29 is 0 Å². The van der Waals surface area contributed by atoms with Crippen LogP contribution in [0.25, 0.3) is 11.1 Å². The number of amidine groups is 1. The zero-order valence-electron chi connectivity index (χ0n) is 10.6. The van der Waals surface area contributed by atoms with Gasteiger partial charge in [-0.25, -0.2) is 0 Å². The Morgan fingerprint density at radius 3 is 2.39 bits per heavy atom. The van der Waals surface area contributed by atoms with Gasteiger partial charge in [0.15, 0.2) is 0 Å². The number of nitrogens with one attached hydrogen (secondary N) is 1. The summed E-state index contributed by atoms with van der Waals surface area (Å²) in [6, 6.07) is 14.6. The monoisotopic (exact) mass is 236 g/mol. The van der Waals surface area contributed by atoms with E-state index in [-0.39, 0.29) is 11.3 Å². The summed E-state index contributed by atoms with van der Waals surface area (Å²) in [6.45, 7) is 4.45. The lowest BCUT2D eigenvalue weighted by molar-refractivity contribution is 0.660. The van der Waals surface area contributed by atoms with E-state index in [2.05, 4.69) is 50.2 Å². The van der Waals surface area contributed by atoms with Crippen LogP contribution in [-0.2, 0) is 5.41 Å². The lowest BCUT2D eigenvalue weighted by atomic mass is 9.82. The normalized spacial score (nSPS) is 15.0. The van der Waals surface area contributed by atoms with Crippen molar-refractivity contribution in [3.63, 3.8) is 0 Å². The number of benzene rings is 2. The van der Waals surface area contributed by atoms with Crippen LogP contribution in [0, 0.1) is 5.41 Å². The summed E-state index contributed by atoms with van der Waals surface area (Å²) >= 11 is 0. The second-order valence-electron chi connectivity index (χ2n) is 5.34. The zero-order valence-corrected chi connectivity index (χ0v) is 10.6. The van der Waals surface area contributed by atoms with E-state index in [1.807, 2.05) is 6.07 Å². The Hall–Kier alpha value is -2.09. The van der Waals surface area contributed by atoms with Gasteiger partial charge in [-0.2, -0.15) is 0 Å². The van der Waals surface area contributed by atoms with Gasteiger partial charge >= 0.3 is 0 Å². The van der Waals surface area contributed by atoms with E-state index in [1.54, 1.807) is 0 Å². The highest BCUT2D eigenvalue weighted by Gasteiger charge is 2.35. The average Bonchev–Trinajstić information content (AvgIpc) is 2.59. The first-order valence-corrected chi connectivity index (χ1v) is 6.10. The second kappa shape index (κ2) is 3.45. The Bertz CT molecular complexity index is 654. The summed E-state index contributed by atoms with van der Waals surface area (Å²) in [6.07, 6.45) is 0. The number of nitrogen functional groups attached to an aromatic ring is 1. The predicted octanol–water partition coefficient (Wildman–Crippen LogP) is 3.28. The highest BCUT2D eigenvalue weighted by atomic mass is 14.7.